The number of aromatic nitrogens is 1. The Morgan fingerprint density at radius 1 is 1.43 bits per heavy atom. The molecule has 0 radical (unpaired) electrons. The van der Waals surface area contributed by atoms with E-state index in [4.69, 9.17) is 0 Å². The van der Waals surface area contributed by atoms with Gasteiger partial charge in [-0.2, -0.15) is 0 Å². The number of hydrogen-bond donors (Lipinski definition) is 2. The Morgan fingerprint density at radius 3 is 2.96 bits per heavy atom. The van der Waals surface area contributed by atoms with Crippen molar-refractivity contribution >= 4 is 53.4 Å². The molecule has 1 aliphatic heterocycles. The topological polar surface area (TPSA) is 54.0 Å². The number of thiazole rings is 1. The third-order valence-electron chi connectivity index (χ3n) is 3.73. The zero-order valence-corrected chi connectivity index (χ0v) is 16.0. The number of piperidine rings is 1. The van der Waals surface area contributed by atoms with Gasteiger partial charge in [0.05, 0.1) is 17.0 Å². The Morgan fingerprint density at radius 2 is 2.26 bits per heavy atom. The lowest BCUT2D eigenvalue weighted by Crippen LogP contribution is -2.52. The van der Waals surface area contributed by atoms with Crippen molar-refractivity contribution in [2.45, 2.75) is 38.3 Å². The summed E-state index contributed by atoms with van der Waals surface area (Å²) in [6.45, 7) is 3.17. The molecule has 2 N–H and O–H groups in total. The van der Waals surface area contributed by atoms with Gasteiger partial charge in [0.2, 0.25) is 5.91 Å². The van der Waals surface area contributed by atoms with Crippen LogP contribution < -0.4 is 10.6 Å². The van der Waals surface area contributed by atoms with Crippen molar-refractivity contribution in [1.29, 1.82) is 0 Å². The number of halogens is 2. The predicted octanol–water partition coefficient (Wildman–Crippen LogP) is 3.51. The van der Waals surface area contributed by atoms with E-state index in [9.17, 15) is 4.79 Å². The van der Waals surface area contributed by atoms with Gasteiger partial charge in [-0.15, -0.1) is 47.5 Å². The van der Waals surface area contributed by atoms with Crippen molar-refractivity contribution in [3.05, 3.63) is 28.6 Å². The van der Waals surface area contributed by atoms with Crippen LogP contribution in [0.4, 0.5) is 0 Å². The average Bonchev–Trinajstić information content (AvgIpc) is 3.12. The number of rotatable bonds is 4. The van der Waals surface area contributed by atoms with E-state index in [1.165, 1.54) is 0 Å². The first-order chi connectivity index (χ1) is 10.2. The Bertz CT molecular complexity index is 604. The largest absolute Gasteiger partial charge is 0.351 e. The van der Waals surface area contributed by atoms with E-state index in [0.29, 0.717) is 12.5 Å². The highest BCUT2D eigenvalue weighted by molar-refractivity contribution is 7.20. The minimum Gasteiger partial charge on any atom is -0.351 e. The zero-order chi connectivity index (χ0) is 14.7. The molecule has 2 unspecified atom stereocenters. The lowest BCUT2D eigenvalue weighted by atomic mass is 10.00. The second kappa shape index (κ2) is 9.59. The molecule has 1 amide bonds. The Hall–Kier alpha value is -0.660. The summed E-state index contributed by atoms with van der Waals surface area (Å²) in [6.07, 6.45) is 2.54. The first-order valence-corrected chi connectivity index (χ1v) is 8.99. The molecule has 2 aromatic rings. The van der Waals surface area contributed by atoms with Crippen LogP contribution in [0.5, 0.6) is 0 Å². The fraction of sp³-hybridized carbons (Fsp3) is 0.467. The molecule has 0 aliphatic carbocycles. The standard InChI is InChI=1S/C15H19N3OS2.2ClH/c1-10-12(4-2-6-16-10)18-14(19)8-11-9-21-15(17-11)13-5-3-7-20-13;;/h3,5,7,9-10,12,16H,2,4,6,8H2,1H3,(H,18,19);2*1H. The number of hydrogen-bond acceptors (Lipinski definition) is 5. The van der Waals surface area contributed by atoms with Crippen LogP contribution in [0.25, 0.3) is 9.88 Å². The van der Waals surface area contributed by atoms with Crippen LogP contribution in [0, 0.1) is 0 Å². The molecule has 1 fully saturated rings. The van der Waals surface area contributed by atoms with Crippen LogP contribution in [0.15, 0.2) is 22.9 Å². The molecule has 0 aromatic carbocycles. The molecule has 2 aromatic heterocycles. The molecule has 3 rings (SSSR count). The fourth-order valence-corrected chi connectivity index (χ4v) is 4.20. The van der Waals surface area contributed by atoms with Gasteiger partial charge < -0.3 is 10.6 Å². The van der Waals surface area contributed by atoms with Crippen LogP contribution >= 0.6 is 47.5 Å². The van der Waals surface area contributed by atoms with E-state index in [1.54, 1.807) is 22.7 Å². The molecule has 0 saturated carbocycles. The normalized spacial score (nSPS) is 20.2. The molecule has 23 heavy (non-hydrogen) atoms. The molecule has 3 heterocycles. The van der Waals surface area contributed by atoms with Crippen molar-refractivity contribution in [2.75, 3.05) is 6.54 Å². The molecular weight excluding hydrogens is 373 g/mol. The highest BCUT2D eigenvalue weighted by Gasteiger charge is 2.22. The summed E-state index contributed by atoms with van der Waals surface area (Å²) in [5, 5.41) is 11.5. The zero-order valence-electron chi connectivity index (χ0n) is 12.8. The van der Waals surface area contributed by atoms with Gasteiger partial charge in [-0.3, -0.25) is 4.79 Å². The van der Waals surface area contributed by atoms with Crippen molar-refractivity contribution in [3.63, 3.8) is 0 Å². The first-order valence-electron chi connectivity index (χ1n) is 7.23. The Labute approximate surface area is 156 Å². The van der Waals surface area contributed by atoms with E-state index in [1.807, 2.05) is 16.8 Å². The number of nitrogens with zero attached hydrogens (tertiary/aromatic N) is 1. The maximum atomic E-state index is 12.2. The minimum atomic E-state index is 0. The highest BCUT2D eigenvalue weighted by Crippen LogP contribution is 2.27. The van der Waals surface area contributed by atoms with E-state index in [-0.39, 0.29) is 36.8 Å². The molecule has 1 aliphatic rings. The maximum absolute atomic E-state index is 12.2. The predicted molar refractivity (Wildman–Crippen MR) is 102 cm³/mol. The Balaban J connectivity index is 0.00000132. The molecule has 128 valence electrons. The monoisotopic (exact) mass is 393 g/mol. The number of carbonyl (C=O) groups is 1. The van der Waals surface area contributed by atoms with Gasteiger partial charge in [-0.1, -0.05) is 6.07 Å². The van der Waals surface area contributed by atoms with Crippen molar-refractivity contribution in [1.82, 2.24) is 15.6 Å². The number of carbonyl (C=O) groups excluding carboxylic acids is 1. The lowest BCUT2D eigenvalue weighted by molar-refractivity contribution is -0.121. The van der Waals surface area contributed by atoms with Crippen LogP contribution in [0.1, 0.15) is 25.5 Å². The van der Waals surface area contributed by atoms with Crippen molar-refractivity contribution in [3.8, 4) is 9.88 Å². The van der Waals surface area contributed by atoms with Gasteiger partial charge in [-0.25, -0.2) is 4.98 Å². The summed E-state index contributed by atoms with van der Waals surface area (Å²) in [5.74, 6) is 0.0681. The van der Waals surface area contributed by atoms with Crippen LogP contribution in [-0.2, 0) is 11.2 Å². The number of thiophene rings is 1. The first kappa shape index (κ1) is 20.4. The molecule has 1 saturated heterocycles. The molecule has 4 nitrogen and oxygen atoms in total. The van der Waals surface area contributed by atoms with Crippen molar-refractivity contribution in [2.24, 2.45) is 0 Å². The van der Waals surface area contributed by atoms with Gasteiger partial charge in [0.1, 0.15) is 5.01 Å². The molecular formula is C15H21Cl2N3OS2. The van der Waals surface area contributed by atoms with E-state index in [2.05, 4.69) is 28.6 Å². The van der Waals surface area contributed by atoms with E-state index in [0.717, 1.165) is 35.0 Å². The number of nitrogens with one attached hydrogen (secondary N) is 2. The third kappa shape index (κ3) is 5.43. The minimum absolute atomic E-state index is 0. The highest BCUT2D eigenvalue weighted by atomic mass is 35.5. The fourth-order valence-electron chi connectivity index (χ4n) is 2.57. The molecule has 0 spiro atoms. The van der Waals surface area contributed by atoms with Crippen LogP contribution in [-0.4, -0.2) is 29.5 Å². The molecule has 0 bridgehead atoms. The lowest BCUT2D eigenvalue weighted by Gasteiger charge is -2.30. The number of amides is 1. The van der Waals surface area contributed by atoms with E-state index >= 15 is 0 Å². The van der Waals surface area contributed by atoms with Crippen LogP contribution in [0.2, 0.25) is 0 Å². The van der Waals surface area contributed by atoms with Gasteiger partial charge in [0.25, 0.3) is 0 Å². The van der Waals surface area contributed by atoms with Crippen LogP contribution in [0.3, 0.4) is 0 Å². The second-order valence-electron chi connectivity index (χ2n) is 5.36. The summed E-state index contributed by atoms with van der Waals surface area (Å²) in [6, 6.07) is 4.66. The van der Waals surface area contributed by atoms with E-state index < -0.39 is 0 Å². The van der Waals surface area contributed by atoms with Gasteiger partial charge >= 0.3 is 0 Å². The maximum Gasteiger partial charge on any atom is 0.226 e. The SMILES string of the molecule is CC1NCCCC1NC(=O)Cc1csc(-c2cccs2)n1.Cl.Cl. The quantitative estimate of drug-likeness (QED) is 0.835. The summed E-state index contributed by atoms with van der Waals surface area (Å²) >= 11 is 3.28. The summed E-state index contributed by atoms with van der Waals surface area (Å²) < 4.78 is 0. The van der Waals surface area contributed by atoms with Crippen molar-refractivity contribution < 1.29 is 4.79 Å². The second-order valence-corrected chi connectivity index (χ2v) is 7.16. The average molecular weight is 394 g/mol. The van der Waals surface area contributed by atoms with Gasteiger partial charge in [0.15, 0.2) is 0 Å². The van der Waals surface area contributed by atoms with Gasteiger partial charge in [0, 0.05) is 17.5 Å². The summed E-state index contributed by atoms with van der Waals surface area (Å²) in [7, 11) is 0. The molecule has 8 heteroatoms. The Kier molecular flexibility index (Phi) is 8.50. The summed E-state index contributed by atoms with van der Waals surface area (Å²) in [5.41, 5.74) is 0.859. The van der Waals surface area contributed by atoms with Gasteiger partial charge in [-0.05, 0) is 37.8 Å². The smallest absolute Gasteiger partial charge is 0.226 e. The molecule has 2 atom stereocenters. The third-order valence-corrected chi connectivity index (χ3v) is 5.66. The summed E-state index contributed by atoms with van der Waals surface area (Å²) in [4.78, 5) is 17.9.